The molecule has 1 fully saturated rings. The summed E-state index contributed by atoms with van der Waals surface area (Å²) in [4.78, 5) is 0. The van der Waals surface area contributed by atoms with E-state index in [1.165, 1.54) is 0 Å². The lowest BCUT2D eigenvalue weighted by Gasteiger charge is -2.16. The summed E-state index contributed by atoms with van der Waals surface area (Å²) in [5.41, 5.74) is 6.94. The molecular formula is C10H13BrN2O. The monoisotopic (exact) mass is 256 g/mol. The first-order valence-electron chi connectivity index (χ1n) is 4.61. The number of benzene rings is 1. The Morgan fingerprint density at radius 3 is 2.57 bits per heavy atom. The molecule has 76 valence electrons. The van der Waals surface area contributed by atoms with Crippen molar-refractivity contribution >= 4 is 21.6 Å². The fraction of sp³-hybridized carbons (Fsp3) is 0.400. The van der Waals surface area contributed by atoms with Gasteiger partial charge < -0.3 is 15.8 Å². The molecule has 0 saturated carbocycles. The minimum atomic E-state index is 0.0960. The maximum absolute atomic E-state index is 5.86. The number of halogens is 1. The van der Waals surface area contributed by atoms with E-state index < -0.39 is 0 Å². The summed E-state index contributed by atoms with van der Waals surface area (Å²) in [5, 5.41) is 3.35. The van der Waals surface area contributed by atoms with Gasteiger partial charge in [-0.15, -0.1) is 0 Å². The van der Waals surface area contributed by atoms with Gasteiger partial charge in [0.25, 0.3) is 0 Å². The third kappa shape index (κ3) is 2.26. The Morgan fingerprint density at radius 1 is 1.29 bits per heavy atom. The van der Waals surface area contributed by atoms with Crippen molar-refractivity contribution in [1.29, 1.82) is 0 Å². The molecule has 1 heterocycles. The van der Waals surface area contributed by atoms with Gasteiger partial charge in [-0.2, -0.15) is 0 Å². The molecular weight excluding hydrogens is 244 g/mol. The van der Waals surface area contributed by atoms with Crippen molar-refractivity contribution in [3.63, 3.8) is 0 Å². The quantitative estimate of drug-likeness (QED) is 0.845. The lowest BCUT2D eigenvalue weighted by molar-refractivity contribution is 0.192. The van der Waals surface area contributed by atoms with Gasteiger partial charge in [0.05, 0.1) is 25.3 Å². The number of rotatable bonds is 2. The van der Waals surface area contributed by atoms with Crippen LogP contribution in [0.5, 0.6) is 0 Å². The molecule has 0 aliphatic carbocycles. The summed E-state index contributed by atoms with van der Waals surface area (Å²) >= 11 is 3.39. The summed E-state index contributed by atoms with van der Waals surface area (Å²) in [6.07, 6.45) is 0. The van der Waals surface area contributed by atoms with Gasteiger partial charge in [0.15, 0.2) is 0 Å². The molecule has 1 aliphatic rings. The van der Waals surface area contributed by atoms with E-state index in [9.17, 15) is 0 Å². The van der Waals surface area contributed by atoms with Gasteiger partial charge in [0.2, 0.25) is 0 Å². The smallest absolute Gasteiger partial charge is 0.0684 e. The average molecular weight is 257 g/mol. The van der Waals surface area contributed by atoms with Crippen LogP contribution >= 0.6 is 15.9 Å². The number of anilines is 1. The Balaban J connectivity index is 2.00. The third-order valence-corrected chi connectivity index (χ3v) is 2.85. The summed E-state index contributed by atoms with van der Waals surface area (Å²) < 4.78 is 6.35. The zero-order valence-corrected chi connectivity index (χ0v) is 9.33. The Hall–Kier alpha value is -0.580. The molecule has 1 aromatic carbocycles. The Morgan fingerprint density at radius 2 is 2.00 bits per heavy atom. The highest BCUT2D eigenvalue weighted by molar-refractivity contribution is 9.10. The molecule has 1 aliphatic heterocycles. The van der Waals surface area contributed by atoms with Gasteiger partial charge >= 0.3 is 0 Å². The molecule has 0 radical (unpaired) electrons. The first-order chi connectivity index (χ1) is 6.75. The molecule has 0 amide bonds. The van der Waals surface area contributed by atoms with Crippen LogP contribution in [-0.4, -0.2) is 25.3 Å². The third-order valence-electron chi connectivity index (χ3n) is 2.32. The molecule has 3 nitrogen and oxygen atoms in total. The number of hydrogen-bond donors (Lipinski definition) is 2. The molecule has 0 spiro atoms. The van der Waals surface area contributed by atoms with Crippen molar-refractivity contribution in [3.8, 4) is 0 Å². The fourth-order valence-electron chi connectivity index (χ4n) is 1.48. The second-order valence-corrected chi connectivity index (χ2v) is 4.37. The predicted octanol–water partition coefficient (Wildman–Crippen LogP) is 1.59. The van der Waals surface area contributed by atoms with Crippen molar-refractivity contribution in [2.75, 3.05) is 18.5 Å². The van der Waals surface area contributed by atoms with Crippen LogP contribution in [0, 0.1) is 0 Å². The minimum Gasteiger partial charge on any atom is -0.378 e. The minimum absolute atomic E-state index is 0.0960. The Labute approximate surface area is 91.8 Å². The van der Waals surface area contributed by atoms with Crippen molar-refractivity contribution in [2.45, 2.75) is 12.1 Å². The molecule has 1 saturated heterocycles. The molecule has 3 N–H and O–H groups in total. The first kappa shape index (κ1) is 9.96. The van der Waals surface area contributed by atoms with Gasteiger partial charge in [0, 0.05) is 10.2 Å². The molecule has 14 heavy (non-hydrogen) atoms. The van der Waals surface area contributed by atoms with Gasteiger partial charge in [-0.25, -0.2) is 0 Å². The van der Waals surface area contributed by atoms with Crippen LogP contribution in [0.15, 0.2) is 28.7 Å². The maximum Gasteiger partial charge on any atom is 0.0684 e. The fourth-order valence-corrected chi connectivity index (χ4v) is 1.74. The second-order valence-electron chi connectivity index (χ2n) is 3.46. The highest BCUT2D eigenvalue weighted by Gasteiger charge is 2.24. The molecule has 2 atom stereocenters. The maximum atomic E-state index is 5.86. The van der Waals surface area contributed by atoms with E-state index in [1.807, 2.05) is 24.3 Å². The van der Waals surface area contributed by atoms with Crippen molar-refractivity contribution in [3.05, 3.63) is 28.7 Å². The van der Waals surface area contributed by atoms with Gasteiger partial charge in [-0.3, -0.25) is 0 Å². The highest BCUT2D eigenvalue weighted by Crippen LogP contribution is 2.16. The van der Waals surface area contributed by atoms with Gasteiger partial charge in [-0.1, -0.05) is 15.9 Å². The van der Waals surface area contributed by atoms with Crippen LogP contribution in [-0.2, 0) is 4.74 Å². The van der Waals surface area contributed by atoms with E-state index in [0.717, 1.165) is 10.2 Å². The molecule has 0 unspecified atom stereocenters. The standard InChI is InChI=1S/C10H13BrN2O/c11-7-1-3-8(4-2-7)13-10-6-14-5-9(10)12/h1-4,9-10,13H,5-6,12H2/t9-,10-/m1/s1. The largest absolute Gasteiger partial charge is 0.378 e. The van der Waals surface area contributed by atoms with Crippen LogP contribution in [0.25, 0.3) is 0 Å². The van der Waals surface area contributed by atoms with E-state index in [4.69, 9.17) is 10.5 Å². The van der Waals surface area contributed by atoms with Crippen LogP contribution in [0.2, 0.25) is 0 Å². The summed E-state index contributed by atoms with van der Waals surface area (Å²) in [6.45, 7) is 1.34. The lowest BCUT2D eigenvalue weighted by atomic mass is 10.2. The van der Waals surface area contributed by atoms with Crippen LogP contribution in [0.4, 0.5) is 5.69 Å². The van der Waals surface area contributed by atoms with Crippen molar-refractivity contribution in [2.24, 2.45) is 5.73 Å². The molecule has 0 bridgehead atoms. The Bertz CT molecular complexity index is 301. The summed E-state index contributed by atoms with van der Waals surface area (Å²) in [7, 11) is 0. The first-order valence-corrected chi connectivity index (χ1v) is 5.40. The number of hydrogen-bond acceptors (Lipinski definition) is 3. The number of nitrogens with one attached hydrogen (secondary N) is 1. The zero-order chi connectivity index (χ0) is 9.97. The average Bonchev–Trinajstić information content (AvgIpc) is 2.56. The van der Waals surface area contributed by atoms with E-state index in [2.05, 4.69) is 21.2 Å². The zero-order valence-electron chi connectivity index (χ0n) is 7.74. The SMILES string of the molecule is N[C@@H]1COC[C@H]1Nc1ccc(Br)cc1. The molecule has 0 aromatic heterocycles. The normalized spacial score (nSPS) is 26.4. The van der Waals surface area contributed by atoms with Crippen molar-refractivity contribution < 1.29 is 4.74 Å². The van der Waals surface area contributed by atoms with Crippen LogP contribution in [0.1, 0.15) is 0 Å². The lowest BCUT2D eigenvalue weighted by Crippen LogP contribution is -2.38. The van der Waals surface area contributed by atoms with E-state index >= 15 is 0 Å². The van der Waals surface area contributed by atoms with Crippen molar-refractivity contribution in [1.82, 2.24) is 0 Å². The van der Waals surface area contributed by atoms with E-state index in [0.29, 0.717) is 13.2 Å². The molecule has 2 rings (SSSR count). The molecule has 1 aromatic rings. The number of ether oxygens (including phenoxy) is 1. The molecule has 4 heteroatoms. The predicted molar refractivity (Wildman–Crippen MR) is 60.3 cm³/mol. The second kappa shape index (κ2) is 4.29. The van der Waals surface area contributed by atoms with Crippen LogP contribution in [0.3, 0.4) is 0 Å². The topological polar surface area (TPSA) is 47.3 Å². The highest BCUT2D eigenvalue weighted by atomic mass is 79.9. The van der Waals surface area contributed by atoms with E-state index in [1.54, 1.807) is 0 Å². The Kier molecular flexibility index (Phi) is 3.05. The van der Waals surface area contributed by atoms with E-state index in [-0.39, 0.29) is 12.1 Å². The summed E-state index contributed by atoms with van der Waals surface area (Å²) in [6, 6.07) is 8.38. The van der Waals surface area contributed by atoms with Crippen LogP contribution < -0.4 is 11.1 Å². The van der Waals surface area contributed by atoms with Gasteiger partial charge in [-0.05, 0) is 24.3 Å². The summed E-state index contributed by atoms with van der Waals surface area (Å²) in [5.74, 6) is 0. The number of nitrogens with two attached hydrogens (primary N) is 1. The van der Waals surface area contributed by atoms with Gasteiger partial charge in [0.1, 0.15) is 0 Å².